The second-order valence-electron chi connectivity index (χ2n) is 7.27. The third-order valence-corrected chi connectivity index (χ3v) is 4.60. The molecule has 0 aliphatic carbocycles. The fourth-order valence-corrected chi connectivity index (χ4v) is 3.60. The fraction of sp³-hybridized carbons (Fsp3) is 0.318. The molecule has 0 fully saturated rings. The maximum atomic E-state index is 12.0. The molecule has 2 aromatic carbocycles. The smallest absolute Gasteiger partial charge is 0.334 e. The molecule has 0 saturated carbocycles. The van der Waals surface area contributed by atoms with Crippen molar-refractivity contribution in [3.8, 4) is 16.9 Å². The first-order valence-electron chi connectivity index (χ1n) is 8.52. The number of rotatable bonds is 4. The summed E-state index contributed by atoms with van der Waals surface area (Å²) < 4.78 is 12.5. The van der Waals surface area contributed by atoms with Crippen LogP contribution in [0.5, 0.6) is 5.75 Å². The minimum absolute atomic E-state index is 0.408. The number of carbonyl (C=O) groups is 1. The van der Waals surface area contributed by atoms with E-state index in [4.69, 9.17) is 9.47 Å². The molecule has 26 heavy (non-hydrogen) atoms. The third kappa shape index (κ3) is 5.34. The summed E-state index contributed by atoms with van der Waals surface area (Å²) in [6.07, 6.45) is 1.39. The van der Waals surface area contributed by atoms with Crippen LogP contribution in [0.1, 0.15) is 38.8 Å². The number of aryl methyl sites for hydroxylation is 2. The molecule has 0 aliphatic rings. The Kier molecular flexibility index (Phi) is 6.50. The zero-order valence-corrected chi connectivity index (χ0v) is 18.3. The second-order valence-corrected chi connectivity index (χ2v) is 8.43. The van der Waals surface area contributed by atoms with Crippen LogP contribution in [-0.2, 0) is 9.53 Å². The first-order valence-corrected chi connectivity index (χ1v) is 9.60. The van der Waals surface area contributed by atoms with Gasteiger partial charge in [0.25, 0.3) is 0 Å². The van der Waals surface area contributed by atoms with Crippen molar-refractivity contribution in [2.75, 3.05) is 0 Å². The summed E-state index contributed by atoms with van der Waals surface area (Å²) in [6, 6.07) is 12.2. The molecule has 0 heterocycles. The summed E-state index contributed by atoms with van der Waals surface area (Å²) in [6.45, 7) is 11.4. The molecule has 0 atom stereocenters. The molecule has 0 radical (unpaired) electrons. The summed E-state index contributed by atoms with van der Waals surface area (Å²) in [5.41, 5.74) is 3.99. The van der Waals surface area contributed by atoms with Crippen molar-refractivity contribution in [1.82, 2.24) is 0 Å². The lowest BCUT2D eigenvalue weighted by atomic mass is 9.96. The van der Waals surface area contributed by atoms with E-state index in [2.05, 4.69) is 54.6 Å². The van der Waals surface area contributed by atoms with E-state index in [1.165, 1.54) is 11.6 Å². The van der Waals surface area contributed by atoms with Gasteiger partial charge in [-0.3, -0.25) is 0 Å². The molecule has 4 heteroatoms. The van der Waals surface area contributed by atoms with Crippen molar-refractivity contribution in [1.29, 1.82) is 0 Å². The zero-order valence-electron chi connectivity index (χ0n) is 16.1. The highest BCUT2D eigenvalue weighted by Gasteiger charge is 2.17. The number of hydrogen-bond acceptors (Lipinski definition) is 3. The van der Waals surface area contributed by atoms with Crippen LogP contribution in [0, 0.1) is 17.4 Å². The molecular weight excluding hydrogens is 439 g/mol. The molecule has 0 amide bonds. The van der Waals surface area contributed by atoms with Crippen molar-refractivity contribution in [3.05, 3.63) is 62.9 Å². The number of benzene rings is 2. The number of halogens is 1. The molecule has 0 N–H and O–H groups in total. The van der Waals surface area contributed by atoms with Crippen molar-refractivity contribution in [2.45, 2.75) is 47.1 Å². The third-order valence-electron chi connectivity index (χ3n) is 3.71. The zero-order chi connectivity index (χ0) is 19.5. The molecule has 2 aromatic rings. The molecule has 0 aliphatic heterocycles. The molecule has 0 spiro atoms. The van der Waals surface area contributed by atoms with E-state index in [-0.39, 0.29) is 0 Å². The van der Waals surface area contributed by atoms with Crippen molar-refractivity contribution in [2.24, 2.45) is 0 Å². The molecule has 138 valence electrons. The minimum atomic E-state index is -0.528. The Balaban J connectivity index is 2.40. The van der Waals surface area contributed by atoms with Crippen LogP contribution >= 0.6 is 22.6 Å². The van der Waals surface area contributed by atoms with Gasteiger partial charge < -0.3 is 9.47 Å². The lowest BCUT2D eigenvalue weighted by Crippen LogP contribution is -2.23. The molecule has 2 rings (SSSR count). The van der Waals surface area contributed by atoms with Gasteiger partial charge in [-0.2, -0.15) is 0 Å². The Morgan fingerprint density at radius 2 is 1.58 bits per heavy atom. The molecular formula is C22H25IO3. The number of ether oxygens (including phenoxy) is 2. The standard InChI is InChI=1S/C22H25IO3/c1-14-9-7-11-17(23)20(14)21-15(2)10-8-12-18(21)25-16(3)13-19(24)26-22(4,5)6/h7-13H,1-6H3/b16-13-. The van der Waals surface area contributed by atoms with Gasteiger partial charge in [0.2, 0.25) is 0 Å². The van der Waals surface area contributed by atoms with E-state index in [0.29, 0.717) is 5.76 Å². The molecule has 0 unspecified atom stereocenters. The van der Waals surface area contributed by atoms with Crippen LogP contribution in [0.4, 0.5) is 0 Å². The average Bonchev–Trinajstić information content (AvgIpc) is 2.47. The van der Waals surface area contributed by atoms with Crippen LogP contribution in [0.2, 0.25) is 0 Å². The van der Waals surface area contributed by atoms with Gasteiger partial charge in [0.15, 0.2) is 0 Å². The molecule has 0 saturated heterocycles. The Morgan fingerprint density at radius 1 is 1.00 bits per heavy atom. The Morgan fingerprint density at radius 3 is 2.15 bits per heavy atom. The number of esters is 1. The monoisotopic (exact) mass is 464 g/mol. The Hall–Kier alpha value is -1.82. The van der Waals surface area contributed by atoms with Gasteiger partial charge in [0.1, 0.15) is 17.1 Å². The topological polar surface area (TPSA) is 35.5 Å². The van der Waals surface area contributed by atoms with Gasteiger partial charge in [-0.1, -0.05) is 24.3 Å². The largest absolute Gasteiger partial charge is 0.461 e. The second kappa shape index (κ2) is 8.25. The molecule has 3 nitrogen and oxygen atoms in total. The quantitative estimate of drug-likeness (QED) is 0.234. The lowest BCUT2D eigenvalue weighted by molar-refractivity contribution is -0.148. The van der Waals surface area contributed by atoms with Crippen LogP contribution in [0.15, 0.2) is 48.2 Å². The summed E-state index contributed by atoms with van der Waals surface area (Å²) >= 11 is 2.35. The number of hydrogen-bond donors (Lipinski definition) is 0. The van der Waals surface area contributed by atoms with Gasteiger partial charge in [-0.25, -0.2) is 4.79 Å². The number of carbonyl (C=O) groups excluding carboxylic acids is 1. The number of allylic oxidation sites excluding steroid dienone is 1. The van der Waals surface area contributed by atoms with Crippen LogP contribution in [0.25, 0.3) is 11.1 Å². The SMILES string of the molecule is C/C(=C/C(=O)OC(C)(C)C)Oc1cccc(C)c1-c1c(C)cccc1I. The highest BCUT2D eigenvalue weighted by Crippen LogP contribution is 2.38. The Bertz CT molecular complexity index is 825. The first kappa shape index (κ1) is 20.5. The van der Waals surface area contributed by atoms with E-state index in [0.717, 1.165) is 26.0 Å². The van der Waals surface area contributed by atoms with Gasteiger partial charge in [-0.05, 0) is 87.4 Å². The predicted octanol–water partition coefficient (Wildman–Crippen LogP) is 6.20. The fourth-order valence-electron chi connectivity index (χ4n) is 2.69. The first-order chi connectivity index (χ1) is 12.1. The van der Waals surface area contributed by atoms with Gasteiger partial charge >= 0.3 is 5.97 Å². The normalized spacial score (nSPS) is 12.0. The molecule has 0 aromatic heterocycles. The van der Waals surface area contributed by atoms with Crippen molar-refractivity contribution in [3.63, 3.8) is 0 Å². The van der Waals surface area contributed by atoms with Gasteiger partial charge in [-0.15, -0.1) is 0 Å². The van der Waals surface area contributed by atoms with E-state index in [1.54, 1.807) is 6.92 Å². The summed E-state index contributed by atoms with van der Waals surface area (Å²) in [5.74, 6) is 0.818. The highest BCUT2D eigenvalue weighted by molar-refractivity contribution is 14.1. The van der Waals surface area contributed by atoms with E-state index >= 15 is 0 Å². The average molecular weight is 464 g/mol. The van der Waals surface area contributed by atoms with E-state index < -0.39 is 11.6 Å². The highest BCUT2D eigenvalue weighted by atomic mass is 127. The van der Waals surface area contributed by atoms with Crippen molar-refractivity contribution < 1.29 is 14.3 Å². The lowest BCUT2D eigenvalue weighted by Gasteiger charge is -2.19. The predicted molar refractivity (Wildman–Crippen MR) is 114 cm³/mol. The summed E-state index contributed by atoms with van der Waals surface area (Å²) in [4.78, 5) is 12.0. The summed E-state index contributed by atoms with van der Waals surface area (Å²) in [5, 5.41) is 0. The van der Waals surface area contributed by atoms with Gasteiger partial charge in [0.05, 0.1) is 6.08 Å². The van der Waals surface area contributed by atoms with Crippen LogP contribution in [0.3, 0.4) is 0 Å². The van der Waals surface area contributed by atoms with E-state index in [9.17, 15) is 4.79 Å². The molecule has 0 bridgehead atoms. The maximum absolute atomic E-state index is 12.0. The van der Waals surface area contributed by atoms with Crippen LogP contribution < -0.4 is 4.74 Å². The summed E-state index contributed by atoms with van der Waals surface area (Å²) in [7, 11) is 0. The maximum Gasteiger partial charge on any atom is 0.334 e. The van der Waals surface area contributed by atoms with Crippen LogP contribution in [-0.4, -0.2) is 11.6 Å². The van der Waals surface area contributed by atoms with Gasteiger partial charge in [0, 0.05) is 14.7 Å². The van der Waals surface area contributed by atoms with E-state index in [1.807, 2.05) is 39.0 Å². The minimum Gasteiger partial charge on any atom is -0.461 e. The van der Waals surface area contributed by atoms with Crippen molar-refractivity contribution >= 4 is 28.6 Å². The Labute approximate surface area is 169 Å².